The summed E-state index contributed by atoms with van der Waals surface area (Å²) < 4.78 is 5.81. The molecule has 1 aliphatic rings. The Hall–Kier alpha value is -4.26. The quantitative estimate of drug-likeness (QED) is 0.469. The van der Waals surface area contributed by atoms with Crippen LogP contribution in [0.3, 0.4) is 0 Å². The van der Waals surface area contributed by atoms with Crippen molar-refractivity contribution in [2.45, 2.75) is 19.8 Å². The van der Waals surface area contributed by atoms with Gasteiger partial charge in [-0.05, 0) is 67.9 Å². The first kappa shape index (κ1) is 20.6. The van der Waals surface area contributed by atoms with E-state index in [2.05, 4.69) is 15.5 Å². The molecule has 2 amide bonds. The Labute approximate surface area is 191 Å². The molecule has 0 atom stereocenters. The highest BCUT2D eigenvalue weighted by atomic mass is 16.4. The van der Waals surface area contributed by atoms with Crippen LogP contribution in [0.5, 0.6) is 0 Å². The van der Waals surface area contributed by atoms with Gasteiger partial charge in [-0.2, -0.15) is 0 Å². The predicted molar refractivity (Wildman–Crippen MR) is 126 cm³/mol. The van der Waals surface area contributed by atoms with Gasteiger partial charge in [-0.3, -0.25) is 9.59 Å². The first-order chi connectivity index (χ1) is 16.1. The van der Waals surface area contributed by atoms with Crippen LogP contribution in [0.25, 0.3) is 22.9 Å². The third-order valence-electron chi connectivity index (χ3n) is 5.61. The molecular weight excluding hydrogens is 416 g/mol. The van der Waals surface area contributed by atoms with E-state index in [1.54, 1.807) is 35.2 Å². The summed E-state index contributed by atoms with van der Waals surface area (Å²) in [5.41, 5.74) is 4.68. The first-order valence-corrected chi connectivity index (χ1v) is 10.8. The zero-order chi connectivity index (χ0) is 22.8. The Bertz CT molecular complexity index is 1310. The lowest BCUT2D eigenvalue weighted by Gasteiger charge is -2.16. The summed E-state index contributed by atoms with van der Waals surface area (Å²) in [6.45, 7) is 2.73. The molecule has 7 heteroatoms. The molecule has 3 aromatic carbocycles. The second-order valence-electron chi connectivity index (χ2n) is 8.01. The number of benzene rings is 3. The molecule has 0 spiro atoms. The number of carbonyl (C=O) groups is 2. The molecule has 1 N–H and O–H groups in total. The van der Waals surface area contributed by atoms with Gasteiger partial charge in [-0.15, -0.1) is 10.2 Å². The van der Waals surface area contributed by atoms with E-state index in [1.165, 1.54) is 0 Å². The van der Waals surface area contributed by atoms with Crippen LogP contribution < -0.4 is 10.2 Å². The Balaban J connectivity index is 1.28. The van der Waals surface area contributed by atoms with Gasteiger partial charge in [0, 0.05) is 41.0 Å². The van der Waals surface area contributed by atoms with E-state index in [0.29, 0.717) is 36.0 Å². The Morgan fingerprint density at radius 3 is 2.24 bits per heavy atom. The maximum absolute atomic E-state index is 12.7. The van der Waals surface area contributed by atoms with E-state index in [4.69, 9.17) is 4.42 Å². The molecule has 0 radical (unpaired) electrons. The molecule has 1 aromatic heterocycles. The summed E-state index contributed by atoms with van der Waals surface area (Å²) in [5, 5.41) is 11.2. The minimum absolute atomic E-state index is 0.112. The molecule has 4 aromatic rings. The molecule has 0 saturated carbocycles. The van der Waals surface area contributed by atoms with E-state index < -0.39 is 0 Å². The van der Waals surface area contributed by atoms with E-state index in [-0.39, 0.29) is 11.8 Å². The molecule has 1 fully saturated rings. The van der Waals surface area contributed by atoms with Gasteiger partial charge in [-0.1, -0.05) is 23.8 Å². The molecule has 0 bridgehead atoms. The lowest BCUT2D eigenvalue weighted by molar-refractivity contribution is -0.117. The fraction of sp³-hybridized carbons (Fsp3) is 0.154. The number of anilines is 2. The van der Waals surface area contributed by atoms with Crippen LogP contribution in [0.4, 0.5) is 11.4 Å². The summed E-state index contributed by atoms with van der Waals surface area (Å²) in [6.07, 6.45) is 1.42. The average Bonchev–Trinajstić information content (AvgIpc) is 3.49. The lowest BCUT2D eigenvalue weighted by Crippen LogP contribution is -2.23. The molecule has 2 heterocycles. The number of rotatable bonds is 5. The Morgan fingerprint density at radius 2 is 1.61 bits per heavy atom. The normalized spacial score (nSPS) is 13.4. The molecule has 0 unspecified atom stereocenters. The molecular formula is C26H22N4O3. The number of amides is 2. The van der Waals surface area contributed by atoms with Crippen molar-refractivity contribution in [3.05, 3.63) is 83.9 Å². The van der Waals surface area contributed by atoms with Crippen LogP contribution in [0.1, 0.15) is 28.8 Å². The van der Waals surface area contributed by atoms with Gasteiger partial charge in [0.2, 0.25) is 17.7 Å². The van der Waals surface area contributed by atoms with Crippen molar-refractivity contribution in [3.8, 4) is 22.9 Å². The maximum Gasteiger partial charge on any atom is 0.255 e. The Kier molecular flexibility index (Phi) is 5.44. The number of hydrogen-bond donors (Lipinski definition) is 1. The highest BCUT2D eigenvalue weighted by Gasteiger charge is 2.22. The molecule has 33 heavy (non-hydrogen) atoms. The van der Waals surface area contributed by atoms with Gasteiger partial charge in [0.15, 0.2) is 0 Å². The number of nitrogens with one attached hydrogen (secondary N) is 1. The van der Waals surface area contributed by atoms with E-state index >= 15 is 0 Å². The summed E-state index contributed by atoms with van der Waals surface area (Å²) in [6, 6.07) is 22.2. The average molecular weight is 438 g/mol. The highest BCUT2D eigenvalue weighted by Crippen LogP contribution is 2.26. The van der Waals surface area contributed by atoms with Crippen LogP contribution in [0.15, 0.2) is 77.2 Å². The smallest absolute Gasteiger partial charge is 0.255 e. The second kappa shape index (κ2) is 8.70. The SMILES string of the molecule is Cc1ccc(-c2nnc(-c3ccc(C(=O)Nc4cccc(N5CCCC5=O)c4)cc3)o2)cc1. The fourth-order valence-corrected chi connectivity index (χ4v) is 3.79. The number of carbonyl (C=O) groups excluding carboxylic acids is 2. The molecule has 0 aliphatic carbocycles. The Morgan fingerprint density at radius 1 is 0.939 bits per heavy atom. The highest BCUT2D eigenvalue weighted by molar-refractivity contribution is 6.05. The molecule has 1 saturated heterocycles. The lowest BCUT2D eigenvalue weighted by atomic mass is 10.1. The zero-order valence-electron chi connectivity index (χ0n) is 18.1. The second-order valence-corrected chi connectivity index (χ2v) is 8.01. The number of nitrogens with zero attached hydrogens (tertiary/aromatic N) is 3. The number of aromatic nitrogens is 2. The maximum atomic E-state index is 12.7. The van der Waals surface area contributed by atoms with Crippen molar-refractivity contribution in [2.24, 2.45) is 0 Å². The van der Waals surface area contributed by atoms with Crippen molar-refractivity contribution in [1.29, 1.82) is 0 Å². The largest absolute Gasteiger partial charge is 0.416 e. The number of aryl methyl sites for hydroxylation is 1. The van der Waals surface area contributed by atoms with Gasteiger partial charge in [0.1, 0.15) is 0 Å². The fourth-order valence-electron chi connectivity index (χ4n) is 3.79. The predicted octanol–water partition coefficient (Wildman–Crippen LogP) is 5.09. The van der Waals surface area contributed by atoms with Crippen molar-refractivity contribution in [2.75, 3.05) is 16.8 Å². The van der Waals surface area contributed by atoms with Crippen molar-refractivity contribution < 1.29 is 14.0 Å². The first-order valence-electron chi connectivity index (χ1n) is 10.8. The van der Waals surface area contributed by atoms with Crippen LogP contribution >= 0.6 is 0 Å². The van der Waals surface area contributed by atoms with E-state index in [9.17, 15) is 9.59 Å². The van der Waals surface area contributed by atoms with Crippen molar-refractivity contribution in [1.82, 2.24) is 10.2 Å². The zero-order valence-corrected chi connectivity index (χ0v) is 18.1. The van der Waals surface area contributed by atoms with Gasteiger partial charge in [-0.25, -0.2) is 0 Å². The minimum Gasteiger partial charge on any atom is -0.416 e. The third-order valence-corrected chi connectivity index (χ3v) is 5.61. The van der Waals surface area contributed by atoms with Gasteiger partial charge in [0.25, 0.3) is 5.91 Å². The van der Waals surface area contributed by atoms with Gasteiger partial charge in [0.05, 0.1) is 0 Å². The summed E-state index contributed by atoms with van der Waals surface area (Å²) in [7, 11) is 0. The summed E-state index contributed by atoms with van der Waals surface area (Å²) >= 11 is 0. The standard InChI is InChI=1S/C26H22N4O3/c1-17-7-9-19(10-8-17)25-28-29-26(33-25)20-13-11-18(12-14-20)24(32)27-21-4-2-5-22(16-21)30-15-3-6-23(30)31/h2,4-5,7-14,16H,3,6,15H2,1H3,(H,27,32). The van der Waals surface area contributed by atoms with E-state index in [0.717, 1.165) is 28.8 Å². The van der Waals surface area contributed by atoms with Crippen LogP contribution in [-0.2, 0) is 4.79 Å². The molecule has 1 aliphatic heterocycles. The number of hydrogen-bond acceptors (Lipinski definition) is 5. The third kappa shape index (κ3) is 4.39. The van der Waals surface area contributed by atoms with Crippen LogP contribution in [0.2, 0.25) is 0 Å². The topological polar surface area (TPSA) is 88.3 Å². The van der Waals surface area contributed by atoms with Crippen LogP contribution in [0, 0.1) is 6.92 Å². The van der Waals surface area contributed by atoms with Crippen molar-refractivity contribution in [3.63, 3.8) is 0 Å². The van der Waals surface area contributed by atoms with Gasteiger partial charge >= 0.3 is 0 Å². The molecule has 5 rings (SSSR count). The van der Waals surface area contributed by atoms with Crippen LogP contribution in [-0.4, -0.2) is 28.6 Å². The monoisotopic (exact) mass is 438 g/mol. The van der Waals surface area contributed by atoms with Gasteiger partial charge < -0.3 is 14.6 Å². The van der Waals surface area contributed by atoms with Crippen molar-refractivity contribution >= 4 is 23.2 Å². The van der Waals surface area contributed by atoms with E-state index in [1.807, 2.05) is 49.4 Å². The molecule has 164 valence electrons. The summed E-state index contributed by atoms with van der Waals surface area (Å²) in [4.78, 5) is 26.5. The summed E-state index contributed by atoms with van der Waals surface area (Å²) in [5.74, 6) is 0.710. The minimum atomic E-state index is -0.239. The molecule has 7 nitrogen and oxygen atoms in total.